The van der Waals surface area contributed by atoms with Crippen molar-refractivity contribution in [1.29, 1.82) is 0 Å². The number of anilines is 1. The molecule has 1 aromatic carbocycles. The van der Waals surface area contributed by atoms with Gasteiger partial charge in [0.15, 0.2) is 9.84 Å². The van der Waals surface area contributed by atoms with Crippen molar-refractivity contribution in [1.82, 2.24) is 4.72 Å². The fourth-order valence-corrected chi connectivity index (χ4v) is 3.32. The average molecular weight is 306 g/mol. The van der Waals surface area contributed by atoms with E-state index in [9.17, 15) is 16.8 Å². The van der Waals surface area contributed by atoms with Crippen molar-refractivity contribution >= 4 is 25.5 Å². The van der Waals surface area contributed by atoms with E-state index in [1.54, 1.807) is 6.92 Å². The monoisotopic (exact) mass is 306 g/mol. The molecular weight excluding hydrogens is 288 g/mol. The lowest BCUT2D eigenvalue weighted by atomic mass is 10.2. The smallest absolute Gasteiger partial charge is 0.240 e. The molecule has 0 bridgehead atoms. The molecule has 3 N–H and O–H groups in total. The second-order valence-electron chi connectivity index (χ2n) is 4.15. The lowest BCUT2D eigenvalue weighted by Crippen LogP contribution is -2.29. The van der Waals surface area contributed by atoms with E-state index in [-0.39, 0.29) is 22.9 Å². The predicted octanol–water partition coefficient (Wildman–Crippen LogP) is 0.290. The molecule has 0 heterocycles. The van der Waals surface area contributed by atoms with Gasteiger partial charge in [0.05, 0.1) is 10.6 Å². The van der Waals surface area contributed by atoms with Gasteiger partial charge in [0.2, 0.25) is 10.0 Å². The Kier molecular flexibility index (Phi) is 4.94. The molecule has 0 saturated carbocycles. The first kappa shape index (κ1) is 15.9. The summed E-state index contributed by atoms with van der Waals surface area (Å²) in [5.41, 5.74) is 6.78. The van der Waals surface area contributed by atoms with Crippen molar-refractivity contribution in [2.24, 2.45) is 0 Å². The molecule has 0 aliphatic heterocycles. The highest BCUT2D eigenvalue weighted by atomic mass is 32.2. The van der Waals surface area contributed by atoms with Crippen molar-refractivity contribution in [2.45, 2.75) is 18.7 Å². The fraction of sp³-hybridized carbons (Fsp3) is 0.455. The first-order valence-electron chi connectivity index (χ1n) is 5.74. The molecule has 19 heavy (non-hydrogen) atoms. The van der Waals surface area contributed by atoms with Crippen LogP contribution in [0.25, 0.3) is 0 Å². The Hall–Kier alpha value is -1.12. The van der Waals surface area contributed by atoms with E-state index in [2.05, 4.69) is 4.72 Å². The van der Waals surface area contributed by atoms with E-state index < -0.39 is 19.9 Å². The molecule has 0 saturated heterocycles. The summed E-state index contributed by atoms with van der Waals surface area (Å²) in [6.45, 7) is 3.09. The molecule has 0 radical (unpaired) electrons. The Morgan fingerprint density at radius 2 is 1.84 bits per heavy atom. The molecule has 0 atom stereocenters. The average Bonchev–Trinajstić information content (AvgIpc) is 2.32. The van der Waals surface area contributed by atoms with Crippen LogP contribution in [-0.2, 0) is 19.9 Å². The number of sulfone groups is 1. The number of benzene rings is 1. The minimum atomic E-state index is -3.70. The Bertz CT molecular complexity index is 651. The van der Waals surface area contributed by atoms with Gasteiger partial charge >= 0.3 is 0 Å². The van der Waals surface area contributed by atoms with Gasteiger partial charge in [-0.2, -0.15) is 0 Å². The number of nitrogens with two attached hydrogens (primary N) is 1. The van der Waals surface area contributed by atoms with Crippen LogP contribution < -0.4 is 10.5 Å². The highest BCUT2D eigenvalue weighted by Crippen LogP contribution is 2.16. The number of nitrogen functional groups attached to an aromatic ring is 1. The molecule has 0 fully saturated rings. The largest absolute Gasteiger partial charge is 0.399 e. The van der Waals surface area contributed by atoms with Gasteiger partial charge in [-0.1, -0.05) is 6.92 Å². The summed E-state index contributed by atoms with van der Waals surface area (Å²) < 4.78 is 48.6. The number of hydrogen-bond donors (Lipinski definition) is 2. The third-order valence-corrected chi connectivity index (χ3v) is 5.86. The van der Waals surface area contributed by atoms with Crippen LogP contribution in [0, 0.1) is 6.92 Å². The van der Waals surface area contributed by atoms with E-state index >= 15 is 0 Å². The van der Waals surface area contributed by atoms with Crippen LogP contribution in [0.5, 0.6) is 0 Å². The lowest BCUT2D eigenvalue weighted by Gasteiger charge is -2.08. The molecule has 8 heteroatoms. The molecule has 0 aliphatic carbocycles. The van der Waals surface area contributed by atoms with Gasteiger partial charge in [0, 0.05) is 18.0 Å². The summed E-state index contributed by atoms with van der Waals surface area (Å²) in [6, 6.07) is 4.34. The summed E-state index contributed by atoms with van der Waals surface area (Å²) in [5.74, 6) is -0.216. The number of aryl methyl sites for hydroxylation is 1. The standard InChI is InChI=1S/C11H18N2O4S2/c1-3-18(14,15)7-6-13-19(16,17)10-4-5-11(12)9(2)8-10/h4-5,8,13H,3,6-7,12H2,1-2H3. The SMILES string of the molecule is CCS(=O)(=O)CCNS(=O)(=O)c1ccc(N)c(C)c1. The fourth-order valence-electron chi connectivity index (χ4n) is 1.37. The second-order valence-corrected chi connectivity index (χ2v) is 8.39. The van der Waals surface area contributed by atoms with Crippen LogP contribution in [0.1, 0.15) is 12.5 Å². The van der Waals surface area contributed by atoms with Gasteiger partial charge < -0.3 is 5.73 Å². The van der Waals surface area contributed by atoms with Crippen molar-refractivity contribution < 1.29 is 16.8 Å². The highest BCUT2D eigenvalue weighted by Gasteiger charge is 2.16. The van der Waals surface area contributed by atoms with Gasteiger partial charge in [0.1, 0.15) is 0 Å². The minimum Gasteiger partial charge on any atom is -0.399 e. The van der Waals surface area contributed by atoms with E-state index in [1.165, 1.54) is 25.1 Å². The summed E-state index contributed by atoms with van der Waals surface area (Å²) in [7, 11) is -6.89. The van der Waals surface area contributed by atoms with Crippen LogP contribution in [-0.4, -0.2) is 34.9 Å². The van der Waals surface area contributed by atoms with Crippen LogP contribution in [0.4, 0.5) is 5.69 Å². The van der Waals surface area contributed by atoms with Gasteiger partial charge in [0.25, 0.3) is 0 Å². The second kappa shape index (κ2) is 5.89. The number of hydrogen-bond acceptors (Lipinski definition) is 5. The Morgan fingerprint density at radius 3 is 2.37 bits per heavy atom. The zero-order valence-electron chi connectivity index (χ0n) is 10.9. The molecule has 6 nitrogen and oxygen atoms in total. The van der Waals surface area contributed by atoms with E-state index in [4.69, 9.17) is 5.73 Å². The Morgan fingerprint density at radius 1 is 1.21 bits per heavy atom. The molecule has 0 unspecified atom stereocenters. The molecule has 0 aliphatic rings. The Labute approximate surface area is 114 Å². The van der Waals surface area contributed by atoms with Gasteiger partial charge in [-0.05, 0) is 30.7 Å². The first-order chi connectivity index (χ1) is 8.68. The van der Waals surface area contributed by atoms with Crippen molar-refractivity contribution in [3.8, 4) is 0 Å². The van der Waals surface area contributed by atoms with E-state index in [0.717, 1.165) is 0 Å². The summed E-state index contributed by atoms with van der Waals surface area (Å²) in [5, 5.41) is 0. The quantitative estimate of drug-likeness (QED) is 0.735. The first-order valence-corrected chi connectivity index (χ1v) is 9.04. The van der Waals surface area contributed by atoms with E-state index in [1.807, 2.05) is 0 Å². The molecule has 0 aromatic heterocycles. The Balaban J connectivity index is 2.79. The van der Waals surface area contributed by atoms with Gasteiger partial charge in [-0.15, -0.1) is 0 Å². The molecule has 0 spiro atoms. The van der Waals surface area contributed by atoms with Gasteiger partial charge in [-0.25, -0.2) is 21.6 Å². The van der Waals surface area contributed by atoms with E-state index in [0.29, 0.717) is 11.3 Å². The summed E-state index contributed by atoms with van der Waals surface area (Å²) in [6.07, 6.45) is 0. The number of sulfonamides is 1. The zero-order chi connectivity index (χ0) is 14.7. The third kappa shape index (κ3) is 4.48. The molecule has 108 valence electrons. The lowest BCUT2D eigenvalue weighted by molar-refractivity contribution is 0.581. The highest BCUT2D eigenvalue weighted by molar-refractivity contribution is 7.91. The van der Waals surface area contributed by atoms with Gasteiger partial charge in [-0.3, -0.25) is 0 Å². The summed E-state index contributed by atoms with van der Waals surface area (Å²) >= 11 is 0. The van der Waals surface area contributed by atoms with Crippen molar-refractivity contribution in [3.63, 3.8) is 0 Å². The molecule has 0 amide bonds. The predicted molar refractivity (Wildman–Crippen MR) is 75.1 cm³/mol. The van der Waals surface area contributed by atoms with Crippen molar-refractivity contribution in [3.05, 3.63) is 23.8 Å². The van der Waals surface area contributed by atoms with Crippen LogP contribution in [0.2, 0.25) is 0 Å². The molecular formula is C11H18N2O4S2. The topological polar surface area (TPSA) is 106 Å². The minimum absolute atomic E-state index is 0.00426. The van der Waals surface area contributed by atoms with Crippen LogP contribution >= 0.6 is 0 Å². The third-order valence-electron chi connectivity index (χ3n) is 2.70. The normalized spacial score (nSPS) is 12.5. The zero-order valence-corrected chi connectivity index (χ0v) is 12.5. The maximum atomic E-state index is 11.9. The molecule has 1 rings (SSSR count). The number of nitrogens with one attached hydrogen (secondary N) is 1. The summed E-state index contributed by atoms with van der Waals surface area (Å²) in [4.78, 5) is 0.0769. The molecule has 1 aromatic rings. The maximum Gasteiger partial charge on any atom is 0.240 e. The number of rotatable bonds is 6. The van der Waals surface area contributed by atoms with Crippen LogP contribution in [0.15, 0.2) is 23.1 Å². The maximum absolute atomic E-state index is 11.9. The van der Waals surface area contributed by atoms with Crippen LogP contribution in [0.3, 0.4) is 0 Å². The van der Waals surface area contributed by atoms with Crippen molar-refractivity contribution in [2.75, 3.05) is 23.8 Å².